The van der Waals surface area contributed by atoms with Gasteiger partial charge in [-0.15, -0.1) is 0 Å². The molecule has 0 saturated heterocycles. The van der Waals surface area contributed by atoms with E-state index >= 15 is 0 Å². The maximum absolute atomic E-state index is 11.9. The smallest absolute Gasteiger partial charge is 0.310 e. The van der Waals surface area contributed by atoms with Crippen molar-refractivity contribution in [1.29, 1.82) is 0 Å². The molecule has 260 valence electrons. The fourth-order valence-electron chi connectivity index (χ4n) is 5.74. The van der Waals surface area contributed by atoms with E-state index in [1.807, 2.05) is 0 Å². The Hall–Kier alpha value is 0.340. The molecule has 0 aliphatic carbocycles. The fraction of sp³-hybridized carbons (Fsp3) is 1.00. The van der Waals surface area contributed by atoms with Gasteiger partial charge in [-0.05, 0) is 12.8 Å². The van der Waals surface area contributed by atoms with Crippen LogP contribution in [0, 0.1) is 0 Å². The maximum atomic E-state index is 11.9. The van der Waals surface area contributed by atoms with E-state index in [4.69, 9.17) is 13.4 Å². The molecule has 5 nitrogen and oxygen atoms in total. The Labute approximate surface area is 271 Å². The molecule has 0 fully saturated rings. The molecule has 0 heterocycles. The minimum atomic E-state index is -2.72. The lowest BCUT2D eigenvalue weighted by Gasteiger charge is -2.07. The van der Waals surface area contributed by atoms with Gasteiger partial charge in [0.25, 0.3) is 0 Å². The van der Waals surface area contributed by atoms with Crippen molar-refractivity contribution < 1.29 is 22.5 Å². The molecule has 0 amide bonds. The lowest BCUT2D eigenvalue weighted by Crippen LogP contribution is -1.90. The number of hydrogen-bond donors (Lipinski definition) is 0. The fourth-order valence-corrected chi connectivity index (χ4v) is 7.38. The summed E-state index contributed by atoms with van der Waals surface area (Å²) in [7, 11) is -5.45. The average Bonchev–Trinajstić information content (AvgIpc) is 3.00. The predicted octanol–water partition coefficient (Wildman–Crippen LogP) is 14.3. The van der Waals surface area contributed by atoms with E-state index in [9.17, 15) is 9.13 Å². The standard InChI is InChI=1S/C36H76O5P2/c1-3-5-7-9-11-13-15-17-19-21-23-25-27-29-31-33-35-39-42(37)41-43(38)40-36-34-32-30-28-26-24-22-20-18-16-14-12-10-8-6-4-2/h42-43H,3-36H2,1-2H3. The van der Waals surface area contributed by atoms with Crippen LogP contribution in [0.5, 0.6) is 0 Å². The molecule has 7 heteroatoms. The maximum Gasteiger partial charge on any atom is 0.326 e. The lowest BCUT2D eigenvalue weighted by molar-refractivity contribution is 0.246. The highest BCUT2D eigenvalue weighted by atomic mass is 31.2. The predicted molar refractivity (Wildman–Crippen MR) is 190 cm³/mol. The molecular weight excluding hydrogens is 574 g/mol. The lowest BCUT2D eigenvalue weighted by atomic mass is 10.0. The van der Waals surface area contributed by atoms with Crippen LogP contribution < -0.4 is 0 Å². The van der Waals surface area contributed by atoms with Crippen molar-refractivity contribution in [3.05, 3.63) is 0 Å². The van der Waals surface area contributed by atoms with Gasteiger partial charge in [0, 0.05) is 0 Å². The Bertz CT molecular complexity index is 528. The van der Waals surface area contributed by atoms with Gasteiger partial charge in [0.1, 0.15) is 0 Å². The van der Waals surface area contributed by atoms with E-state index in [1.54, 1.807) is 0 Å². The van der Waals surface area contributed by atoms with Crippen molar-refractivity contribution in [2.45, 2.75) is 219 Å². The molecule has 0 N–H and O–H groups in total. The zero-order chi connectivity index (χ0) is 31.3. The van der Waals surface area contributed by atoms with Crippen LogP contribution in [-0.4, -0.2) is 13.2 Å². The molecule has 43 heavy (non-hydrogen) atoms. The zero-order valence-electron chi connectivity index (χ0n) is 29.1. The van der Waals surface area contributed by atoms with Crippen molar-refractivity contribution in [3.8, 4) is 0 Å². The largest absolute Gasteiger partial charge is 0.326 e. The van der Waals surface area contributed by atoms with Crippen molar-refractivity contribution in [1.82, 2.24) is 0 Å². The van der Waals surface area contributed by atoms with Crippen LogP contribution >= 0.6 is 16.5 Å². The normalized spacial score (nSPS) is 13.1. The summed E-state index contributed by atoms with van der Waals surface area (Å²) < 4.78 is 39.2. The van der Waals surface area contributed by atoms with Crippen molar-refractivity contribution >= 4 is 16.5 Å². The first-order valence-electron chi connectivity index (χ1n) is 19.2. The minimum Gasteiger partial charge on any atom is -0.310 e. The SMILES string of the molecule is CCCCCCCCCCCCCCCCCCO[PH](=O)O[PH](=O)OCCCCCCCCCCCCCCCCCC. The van der Waals surface area contributed by atoms with Gasteiger partial charge in [-0.1, -0.05) is 206 Å². The van der Waals surface area contributed by atoms with Gasteiger partial charge in [0.2, 0.25) is 0 Å². The number of rotatable bonds is 38. The quantitative estimate of drug-likeness (QED) is 0.0491. The molecular formula is C36H76O5P2. The van der Waals surface area contributed by atoms with E-state index in [-0.39, 0.29) is 0 Å². The van der Waals surface area contributed by atoms with E-state index in [0.29, 0.717) is 13.2 Å². The zero-order valence-corrected chi connectivity index (χ0v) is 31.1. The Morgan fingerprint density at radius 2 is 0.488 bits per heavy atom. The summed E-state index contributed by atoms with van der Waals surface area (Å²) in [5.41, 5.74) is 0. The van der Waals surface area contributed by atoms with Crippen LogP contribution in [-0.2, 0) is 22.5 Å². The topological polar surface area (TPSA) is 61.8 Å². The molecule has 0 rings (SSSR count). The van der Waals surface area contributed by atoms with E-state index in [0.717, 1.165) is 25.7 Å². The van der Waals surface area contributed by atoms with E-state index in [2.05, 4.69) is 13.8 Å². The molecule has 2 unspecified atom stereocenters. The second-order valence-electron chi connectivity index (χ2n) is 12.9. The molecule has 0 aromatic rings. The van der Waals surface area contributed by atoms with E-state index < -0.39 is 16.5 Å². The van der Waals surface area contributed by atoms with Crippen LogP contribution in [0.15, 0.2) is 0 Å². The first-order chi connectivity index (χ1) is 21.2. The van der Waals surface area contributed by atoms with E-state index in [1.165, 1.54) is 180 Å². The monoisotopic (exact) mass is 651 g/mol. The molecule has 0 aromatic carbocycles. The van der Waals surface area contributed by atoms with Gasteiger partial charge >= 0.3 is 16.5 Å². The summed E-state index contributed by atoms with van der Waals surface area (Å²) >= 11 is 0. The molecule has 0 radical (unpaired) electrons. The Morgan fingerprint density at radius 1 is 0.302 bits per heavy atom. The Balaban J connectivity index is 3.26. The second-order valence-corrected chi connectivity index (χ2v) is 15.3. The summed E-state index contributed by atoms with van der Waals surface area (Å²) in [6.45, 7) is 5.37. The van der Waals surface area contributed by atoms with Gasteiger partial charge in [-0.25, -0.2) is 4.31 Å². The summed E-state index contributed by atoms with van der Waals surface area (Å²) in [5, 5.41) is 0. The highest BCUT2D eigenvalue weighted by Crippen LogP contribution is 2.40. The Kier molecular flexibility index (Phi) is 38.8. The number of hydrogen-bond acceptors (Lipinski definition) is 5. The summed E-state index contributed by atoms with van der Waals surface area (Å²) in [6.07, 6.45) is 42.2. The van der Waals surface area contributed by atoms with Crippen molar-refractivity contribution in [3.63, 3.8) is 0 Å². The summed E-state index contributed by atoms with van der Waals surface area (Å²) in [4.78, 5) is 0. The average molecular weight is 651 g/mol. The van der Waals surface area contributed by atoms with Gasteiger partial charge in [0.15, 0.2) is 0 Å². The number of unbranched alkanes of at least 4 members (excludes halogenated alkanes) is 30. The third kappa shape index (κ3) is 38.4. The van der Waals surface area contributed by atoms with Gasteiger partial charge in [-0.2, -0.15) is 0 Å². The first-order valence-corrected chi connectivity index (χ1v) is 21.7. The minimum absolute atomic E-state index is 0.407. The van der Waals surface area contributed by atoms with Gasteiger partial charge < -0.3 is 9.05 Å². The highest BCUT2D eigenvalue weighted by Gasteiger charge is 2.07. The molecule has 0 aromatic heterocycles. The Morgan fingerprint density at radius 3 is 0.698 bits per heavy atom. The molecule has 0 spiro atoms. The molecule has 0 aliphatic heterocycles. The van der Waals surface area contributed by atoms with Crippen LogP contribution in [0.4, 0.5) is 0 Å². The van der Waals surface area contributed by atoms with Crippen LogP contribution in [0.1, 0.15) is 219 Å². The molecule has 0 aliphatic rings. The summed E-state index contributed by atoms with van der Waals surface area (Å²) in [5.74, 6) is 0. The van der Waals surface area contributed by atoms with Crippen LogP contribution in [0.25, 0.3) is 0 Å². The van der Waals surface area contributed by atoms with Crippen molar-refractivity contribution in [2.75, 3.05) is 13.2 Å². The third-order valence-electron chi connectivity index (χ3n) is 8.60. The molecule has 0 saturated carbocycles. The molecule has 2 atom stereocenters. The van der Waals surface area contributed by atoms with Crippen LogP contribution in [0.2, 0.25) is 0 Å². The van der Waals surface area contributed by atoms with Crippen LogP contribution in [0.3, 0.4) is 0 Å². The second kappa shape index (κ2) is 38.5. The first kappa shape index (κ1) is 43.3. The molecule has 0 bridgehead atoms. The van der Waals surface area contributed by atoms with Gasteiger partial charge in [-0.3, -0.25) is 9.13 Å². The van der Waals surface area contributed by atoms with Gasteiger partial charge in [0.05, 0.1) is 13.2 Å². The third-order valence-corrected chi connectivity index (χ3v) is 10.8. The highest BCUT2D eigenvalue weighted by molar-refractivity contribution is 7.47. The summed E-state index contributed by atoms with van der Waals surface area (Å²) in [6, 6.07) is 0. The van der Waals surface area contributed by atoms with Crippen molar-refractivity contribution in [2.24, 2.45) is 0 Å².